The first-order valence-corrected chi connectivity index (χ1v) is 11.1. The second-order valence-corrected chi connectivity index (χ2v) is 9.63. The van der Waals surface area contributed by atoms with Crippen LogP contribution in [-0.2, 0) is 9.59 Å². The minimum Gasteiger partial charge on any atom is -0.384 e. The molecule has 1 aliphatic carbocycles. The molecule has 8 nitrogen and oxygen atoms in total. The van der Waals surface area contributed by atoms with Gasteiger partial charge in [-0.25, -0.2) is 0 Å². The average molecular weight is 425 g/mol. The average Bonchev–Trinajstić information content (AvgIpc) is 2.97. The topological polar surface area (TPSA) is 98.8 Å². The lowest BCUT2D eigenvalue weighted by molar-refractivity contribution is -0.136. The van der Waals surface area contributed by atoms with Gasteiger partial charge in [0.2, 0.25) is 11.8 Å². The highest BCUT2D eigenvalue weighted by atomic mass is 16.2. The third-order valence-electron chi connectivity index (χ3n) is 7.54. The normalized spacial score (nSPS) is 26.1. The van der Waals surface area contributed by atoms with Crippen molar-refractivity contribution in [3.05, 3.63) is 29.3 Å². The molecule has 4 amide bonds. The van der Waals surface area contributed by atoms with Crippen LogP contribution in [-0.4, -0.2) is 66.2 Å². The van der Waals surface area contributed by atoms with Crippen molar-refractivity contribution in [1.29, 1.82) is 0 Å². The zero-order chi connectivity index (χ0) is 21.8. The molecule has 5 rings (SSSR count). The Morgan fingerprint density at radius 3 is 2.55 bits per heavy atom. The Kier molecular flexibility index (Phi) is 4.84. The molecule has 1 atom stereocenters. The Morgan fingerprint density at radius 1 is 1.10 bits per heavy atom. The smallest absolute Gasteiger partial charge is 0.264 e. The zero-order valence-corrected chi connectivity index (χ0v) is 17.8. The van der Waals surface area contributed by atoms with E-state index in [0.29, 0.717) is 28.1 Å². The Morgan fingerprint density at radius 2 is 1.84 bits per heavy atom. The van der Waals surface area contributed by atoms with Crippen LogP contribution in [0.25, 0.3) is 0 Å². The number of hydrogen-bond acceptors (Lipinski definition) is 6. The molecule has 31 heavy (non-hydrogen) atoms. The molecule has 164 valence electrons. The molecular weight excluding hydrogens is 396 g/mol. The van der Waals surface area contributed by atoms with E-state index in [1.54, 1.807) is 12.1 Å². The number of hydrogen-bond donors (Lipinski definition) is 2. The predicted octanol–water partition coefficient (Wildman–Crippen LogP) is 1.62. The molecule has 1 saturated carbocycles. The molecule has 1 aromatic carbocycles. The van der Waals surface area contributed by atoms with E-state index >= 15 is 0 Å². The summed E-state index contributed by atoms with van der Waals surface area (Å²) in [6.07, 6.45) is 5.21. The number of imide groups is 2. The second-order valence-electron chi connectivity index (χ2n) is 9.63. The summed E-state index contributed by atoms with van der Waals surface area (Å²) >= 11 is 0. The van der Waals surface area contributed by atoms with Crippen molar-refractivity contribution < 1.29 is 19.2 Å². The Hall–Kier alpha value is -2.74. The van der Waals surface area contributed by atoms with E-state index in [1.807, 2.05) is 6.07 Å². The first kappa shape index (κ1) is 20.2. The molecule has 3 fully saturated rings. The molecule has 3 heterocycles. The highest BCUT2D eigenvalue weighted by Crippen LogP contribution is 2.52. The zero-order valence-electron chi connectivity index (χ0n) is 17.8. The van der Waals surface area contributed by atoms with E-state index in [9.17, 15) is 19.2 Å². The van der Waals surface area contributed by atoms with Crippen molar-refractivity contribution in [2.75, 3.05) is 32.0 Å². The molecule has 1 unspecified atom stereocenters. The molecule has 8 heteroatoms. The van der Waals surface area contributed by atoms with Crippen LogP contribution >= 0.6 is 0 Å². The molecule has 0 radical (unpaired) electrons. The largest absolute Gasteiger partial charge is 0.384 e. The number of carbonyl (C=O) groups excluding carboxylic acids is 4. The van der Waals surface area contributed by atoms with E-state index in [1.165, 1.54) is 38.8 Å². The van der Waals surface area contributed by atoms with Gasteiger partial charge < -0.3 is 10.2 Å². The number of nitrogens with one attached hydrogen (secondary N) is 2. The summed E-state index contributed by atoms with van der Waals surface area (Å²) in [5.74, 6) is -1.32. The maximum absolute atomic E-state index is 13.2. The fourth-order valence-corrected chi connectivity index (χ4v) is 5.73. The number of rotatable bonds is 4. The lowest BCUT2D eigenvalue weighted by Gasteiger charge is -2.52. The van der Waals surface area contributed by atoms with Gasteiger partial charge in [0.05, 0.1) is 11.1 Å². The third kappa shape index (κ3) is 3.43. The number of benzene rings is 1. The van der Waals surface area contributed by atoms with Gasteiger partial charge >= 0.3 is 0 Å². The van der Waals surface area contributed by atoms with Crippen molar-refractivity contribution in [1.82, 2.24) is 15.1 Å². The van der Waals surface area contributed by atoms with E-state index in [0.717, 1.165) is 11.4 Å². The van der Waals surface area contributed by atoms with Gasteiger partial charge in [-0.05, 0) is 75.7 Å². The number of piperidine rings is 2. The van der Waals surface area contributed by atoms with Gasteiger partial charge in [-0.3, -0.25) is 29.4 Å². The first-order chi connectivity index (χ1) is 14.9. The number of carbonyl (C=O) groups is 4. The first-order valence-electron chi connectivity index (χ1n) is 11.1. The highest BCUT2D eigenvalue weighted by molar-refractivity contribution is 6.25. The number of anilines is 1. The predicted molar refractivity (Wildman–Crippen MR) is 113 cm³/mol. The summed E-state index contributed by atoms with van der Waals surface area (Å²) in [6, 6.07) is 4.28. The summed E-state index contributed by atoms with van der Waals surface area (Å²) in [5.41, 5.74) is 1.80. The maximum atomic E-state index is 13.2. The molecule has 4 aliphatic rings. The minimum absolute atomic E-state index is 0.119. The van der Waals surface area contributed by atoms with E-state index in [2.05, 4.69) is 22.6 Å². The molecule has 3 aliphatic heterocycles. The summed E-state index contributed by atoms with van der Waals surface area (Å²) < 4.78 is 0. The Bertz CT molecular complexity index is 958. The van der Waals surface area contributed by atoms with E-state index in [-0.39, 0.29) is 18.7 Å². The molecular formula is C23H28N4O4. The van der Waals surface area contributed by atoms with Gasteiger partial charge in [-0.2, -0.15) is 0 Å². The summed E-state index contributed by atoms with van der Waals surface area (Å²) in [7, 11) is 2.18. The van der Waals surface area contributed by atoms with Gasteiger partial charge in [0.25, 0.3) is 11.8 Å². The molecule has 1 spiro atoms. The van der Waals surface area contributed by atoms with Crippen molar-refractivity contribution in [3.63, 3.8) is 0 Å². The molecule has 2 N–H and O–H groups in total. The van der Waals surface area contributed by atoms with Crippen molar-refractivity contribution in [2.24, 2.45) is 11.3 Å². The Labute approximate surface area is 181 Å². The summed E-state index contributed by atoms with van der Waals surface area (Å²) in [5, 5.41) is 5.64. The Balaban J connectivity index is 1.27. The molecule has 0 bridgehead atoms. The maximum Gasteiger partial charge on any atom is 0.264 e. The van der Waals surface area contributed by atoms with Gasteiger partial charge in [0, 0.05) is 18.7 Å². The van der Waals surface area contributed by atoms with Gasteiger partial charge in [0.15, 0.2) is 0 Å². The number of amides is 4. The lowest BCUT2D eigenvalue weighted by atomic mass is 9.57. The van der Waals surface area contributed by atoms with Gasteiger partial charge in [-0.15, -0.1) is 0 Å². The SMILES string of the molecule is CN1CCC2(CC1)CC(CNc1cccc3c1C(=O)N(C1CCC(=O)NC1=O)C3=O)C2. The van der Waals surface area contributed by atoms with E-state index < -0.39 is 23.8 Å². The number of fused-ring (bicyclic) bond motifs is 1. The minimum atomic E-state index is -0.936. The van der Waals surface area contributed by atoms with Crippen LogP contribution in [0.2, 0.25) is 0 Å². The standard InChI is InChI=1S/C23H28N4O4/c1-26-9-7-23(8-10-26)11-14(12-23)13-24-16-4-2-3-15-19(16)22(31)27(21(15)30)17-5-6-18(28)25-20(17)29/h2-4,14,17,24H,5-13H2,1H3,(H,25,28,29). The van der Waals surface area contributed by atoms with Crippen LogP contribution in [0.3, 0.4) is 0 Å². The van der Waals surface area contributed by atoms with Crippen LogP contribution in [0.4, 0.5) is 5.69 Å². The number of likely N-dealkylation sites (tertiary alicyclic amines) is 1. The lowest BCUT2D eigenvalue weighted by Crippen LogP contribution is -2.54. The highest BCUT2D eigenvalue weighted by Gasteiger charge is 2.47. The van der Waals surface area contributed by atoms with E-state index in [4.69, 9.17) is 0 Å². The fraction of sp³-hybridized carbons (Fsp3) is 0.565. The molecule has 1 aromatic rings. The van der Waals surface area contributed by atoms with Crippen molar-refractivity contribution in [2.45, 2.75) is 44.6 Å². The third-order valence-corrected chi connectivity index (χ3v) is 7.54. The summed E-state index contributed by atoms with van der Waals surface area (Å²) in [4.78, 5) is 53.2. The van der Waals surface area contributed by atoms with Crippen LogP contribution < -0.4 is 10.6 Å². The van der Waals surface area contributed by atoms with Crippen molar-refractivity contribution in [3.8, 4) is 0 Å². The number of nitrogens with zero attached hydrogens (tertiary/aromatic N) is 2. The van der Waals surface area contributed by atoms with Gasteiger partial charge in [0.1, 0.15) is 6.04 Å². The van der Waals surface area contributed by atoms with Crippen LogP contribution in [0.5, 0.6) is 0 Å². The van der Waals surface area contributed by atoms with Gasteiger partial charge in [-0.1, -0.05) is 6.07 Å². The quantitative estimate of drug-likeness (QED) is 0.713. The fourth-order valence-electron chi connectivity index (χ4n) is 5.73. The second kappa shape index (κ2) is 7.44. The molecule has 0 aromatic heterocycles. The summed E-state index contributed by atoms with van der Waals surface area (Å²) in [6.45, 7) is 3.10. The van der Waals surface area contributed by atoms with Crippen molar-refractivity contribution >= 4 is 29.3 Å². The monoisotopic (exact) mass is 424 g/mol. The molecule has 2 saturated heterocycles. The van der Waals surface area contributed by atoms with Crippen LogP contribution in [0, 0.1) is 11.3 Å². The van der Waals surface area contributed by atoms with Crippen LogP contribution in [0.1, 0.15) is 59.2 Å². The van der Waals surface area contributed by atoms with Crippen LogP contribution in [0.15, 0.2) is 18.2 Å².